The van der Waals surface area contributed by atoms with Gasteiger partial charge in [0.2, 0.25) is 0 Å². The van der Waals surface area contributed by atoms with Gasteiger partial charge in [-0.05, 0) is 11.8 Å². The minimum atomic E-state index is -0.486. The fourth-order valence-corrected chi connectivity index (χ4v) is 0.894. The van der Waals surface area contributed by atoms with Gasteiger partial charge in [0, 0.05) is 0 Å². The van der Waals surface area contributed by atoms with E-state index in [1.54, 1.807) is 0 Å². The van der Waals surface area contributed by atoms with Gasteiger partial charge in [0.25, 0.3) is 0 Å². The molecule has 0 aromatic heterocycles. The maximum Gasteiger partial charge on any atom is 0.322 e. The summed E-state index contributed by atoms with van der Waals surface area (Å²) < 4.78 is 4.49. The lowest BCUT2D eigenvalue weighted by Crippen LogP contribution is -2.35. The van der Waals surface area contributed by atoms with Crippen molar-refractivity contribution in [3.05, 3.63) is 0 Å². The van der Waals surface area contributed by atoms with E-state index in [4.69, 9.17) is 5.73 Å². The third-order valence-corrected chi connectivity index (χ3v) is 1.34. The number of hydrogen-bond acceptors (Lipinski definition) is 3. The SMILES string of the molecule is COC(=O)[C@H](N)CC(C)(C)C. The largest absolute Gasteiger partial charge is 0.468 e. The molecule has 0 unspecified atom stereocenters. The first kappa shape index (κ1) is 10.4. The fourth-order valence-electron chi connectivity index (χ4n) is 0.894. The summed E-state index contributed by atoms with van der Waals surface area (Å²) in [4.78, 5) is 10.8. The molecule has 66 valence electrons. The highest BCUT2D eigenvalue weighted by molar-refractivity contribution is 5.75. The normalized spacial score (nSPS) is 14.3. The van der Waals surface area contributed by atoms with Crippen LogP contribution in [0.3, 0.4) is 0 Å². The predicted molar refractivity (Wildman–Crippen MR) is 44.1 cm³/mol. The van der Waals surface area contributed by atoms with Gasteiger partial charge in [-0.1, -0.05) is 20.8 Å². The molecule has 0 aromatic rings. The van der Waals surface area contributed by atoms with Crippen molar-refractivity contribution >= 4 is 5.97 Å². The Morgan fingerprint density at radius 2 is 2.00 bits per heavy atom. The zero-order chi connectivity index (χ0) is 9.07. The first-order valence-corrected chi connectivity index (χ1v) is 3.70. The van der Waals surface area contributed by atoms with Crippen LogP contribution in [-0.4, -0.2) is 19.1 Å². The number of methoxy groups -OCH3 is 1. The Morgan fingerprint density at radius 1 is 1.55 bits per heavy atom. The average Bonchev–Trinajstić information content (AvgIpc) is 1.82. The van der Waals surface area contributed by atoms with Gasteiger partial charge in [-0.25, -0.2) is 0 Å². The van der Waals surface area contributed by atoms with Crippen LogP contribution in [0.1, 0.15) is 27.2 Å². The Hall–Kier alpha value is -0.570. The Labute approximate surface area is 67.9 Å². The van der Waals surface area contributed by atoms with Crippen molar-refractivity contribution in [2.75, 3.05) is 7.11 Å². The van der Waals surface area contributed by atoms with E-state index in [2.05, 4.69) is 4.74 Å². The number of carbonyl (C=O) groups is 1. The van der Waals surface area contributed by atoms with Gasteiger partial charge in [-0.15, -0.1) is 0 Å². The maximum atomic E-state index is 10.8. The number of nitrogens with two attached hydrogens (primary N) is 1. The highest BCUT2D eigenvalue weighted by Crippen LogP contribution is 2.19. The highest BCUT2D eigenvalue weighted by atomic mass is 16.5. The van der Waals surface area contributed by atoms with E-state index in [1.807, 2.05) is 20.8 Å². The third kappa shape index (κ3) is 4.79. The topological polar surface area (TPSA) is 52.3 Å². The lowest BCUT2D eigenvalue weighted by molar-refractivity contribution is -0.142. The first-order chi connectivity index (χ1) is 4.87. The smallest absolute Gasteiger partial charge is 0.322 e. The van der Waals surface area contributed by atoms with Gasteiger partial charge in [0.15, 0.2) is 0 Å². The molecule has 0 bridgehead atoms. The molecule has 0 saturated carbocycles. The summed E-state index contributed by atoms with van der Waals surface area (Å²) in [6, 6.07) is -0.486. The Balaban J connectivity index is 3.87. The summed E-state index contributed by atoms with van der Waals surface area (Å²) >= 11 is 0. The number of esters is 1. The van der Waals surface area contributed by atoms with Crippen LogP contribution in [0.15, 0.2) is 0 Å². The van der Waals surface area contributed by atoms with Crippen LogP contribution in [0, 0.1) is 5.41 Å². The quantitative estimate of drug-likeness (QED) is 0.610. The number of rotatable bonds is 2. The lowest BCUT2D eigenvalue weighted by Gasteiger charge is -2.21. The van der Waals surface area contributed by atoms with E-state index < -0.39 is 6.04 Å². The van der Waals surface area contributed by atoms with Crippen LogP contribution in [0.2, 0.25) is 0 Å². The predicted octanol–water partition coefficient (Wildman–Crippen LogP) is 0.923. The van der Waals surface area contributed by atoms with Crippen molar-refractivity contribution in [2.45, 2.75) is 33.2 Å². The van der Waals surface area contributed by atoms with Crippen molar-refractivity contribution in [3.8, 4) is 0 Å². The molecule has 0 amide bonds. The average molecular weight is 159 g/mol. The number of hydrogen-bond donors (Lipinski definition) is 1. The van der Waals surface area contributed by atoms with Crippen molar-refractivity contribution in [2.24, 2.45) is 11.1 Å². The third-order valence-electron chi connectivity index (χ3n) is 1.34. The zero-order valence-corrected chi connectivity index (χ0v) is 7.68. The van der Waals surface area contributed by atoms with E-state index >= 15 is 0 Å². The summed E-state index contributed by atoms with van der Waals surface area (Å²) in [6.07, 6.45) is 0.652. The Morgan fingerprint density at radius 3 is 2.27 bits per heavy atom. The van der Waals surface area contributed by atoms with Crippen molar-refractivity contribution in [1.29, 1.82) is 0 Å². The molecule has 11 heavy (non-hydrogen) atoms. The molecule has 0 spiro atoms. The Kier molecular flexibility index (Phi) is 3.52. The maximum absolute atomic E-state index is 10.8. The van der Waals surface area contributed by atoms with Crippen LogP contribution >= 0.6 is 0 Å². The van der Waals surface area contributed by atoms with Gasteiger partial charge in [-0.3, -0.25) is 4.79 Å². The number of ether oxygens (including phenoxy) is 1. The fraction of sp³-hybridized carbons (Fsp3) is 0.875. The molecule has 0 heterocycles. The molecule has 2 N–H and O–H groups in total. The van der Waals surface area contributed by atoms with Crippen molar-refractivity contribution in [3.63, 3.8) is 0 Å². The van der Waals surface area contributed by atoms with E-state index in [1.165, 1.54) is 7.11 Å². The molecule has 0 aliphatic carbocycles. The van der Waals surface area contributed by atoms with Crippen molar-refractivity contribution < 1.29 is 9.53 Å². The molecule has 0 fully saturated rings. The van der Waals surface area contributed by atoms with Gasteiger partial charge in [0.1, 0.15) is 6.04 Å². The van der Waals surface area contributed by atoms with E-state index in [9.17, 15) is 4.79 Å². The van der Waals surface area contributed by atoms with Crippen LogP contribution in [-0.2, 0) is 9.53 Å². The van der Waals surface area contributed by atoms with Crippen LogP contribution in [0.4, 0.5) is 0 Å². The molecule has 0 radical (unpaired) electrons. The van der Waals surface area contributed by atoms with Crippen molar-refractivity contribution in [1.82, 2.24) is 0 Å². The second kappa shape index (κ2) is 3.72. The van der Waals surface area contributed by atoms with Gasteiger partial charge >= 0.3 is 5.97 Å². The standard InChI is InChI=1S/C8H17NO2/c1-8(2,3)5-6(9)7(10)11-4/h6H,5,9H2,1-4H3/t6-/m1/s1. The zero-order valence-electron chi connectivity index (χ0n) is 7.68. The summed E-state index contributed by atoms with van der Waals surface area (Å²) in [5.41, 5.74) is 5.62. The van der Waals surface area contributed by atoms with Gasteiger partial charge in [-0.2, -0.15) is 0 Å². The molecule has 0 aromatic carbocycles. The molecule has 0 aliphatic heterocycles. The van der Waals surface area contributed by atoms with Crippen LogP contribution in [0.25, 0.3) is 0 Å². The number of carbonyl (C=O) groups excluding carboxylic acids is 1. The summed E-state index contributed by atoms with van der Waals surface area (Å²) in [5, 5.41) is 0. The summed E-state index contributed by atoms with van der Waals surface area (Å²) in [7, 11) is 1.35. The molecule has 3 nitrogen and oxygen atoms in total. The minimum Gasteiger partial charge on any atom is -0.468 e. The second-order valence-electron chi connectivity index (χ2n) is 3.89. The van der Waals surface area contributed by atoms with Gasteiger partial charge in [0.05, 0.1) is 7.11 Å². The highest BCUT2D eigenvalue weighted by Gasteiger charge is 2.21. The molecule has 0 rings (SSSR count). The molecule has 0 saturated heterocycles. The van der Waals surface area contributed by atoms with Crippen LogP contribution in [0.5, 0.6) is 0 Å². The van der Waals surface area contributed by atoms with Gasteiger partial charge < -0.3 is 10.5 Å². The molecular formula is C8H17NO2. The lowest BCUT2D eigenvalue weighted by atomic mass is 9.88. The first-order valence-electron chi connectivity index (χ1n) is 3.70. The molecule has 0 aliphatic rings. The second-order valence-corrected chi connectivity index (χ2v) is 3.89. The minimum absolute atomic E-state index is 0.0770. The molecule has 1 atom stereocenters. The van der Waals surface area contributed by atoms with Crippen LogP contribution < -0.4 is 5.73 Å². The van der Waals surface area contributed by atoms with E-state index in [-0.39, 0.29) is 11.4 Å². The van der Waals surface area contributed by atoms with E-state index in [0.717, 1.165) is 0 Å². The Bertz CT molecular complexity index is 138. The summed E-state index contributed by atoms with van der Waals surface area (Å²) in [6.45, 7) is 6.11. The van der Waals surface area contributed by atoms with E-state index in [0.29, 0.717) is 6.42 Å². The molecule has 3 heteroatoms. The molecular weight excluding hydrogens is 142 g/mol. The monoisotopic (exact) mass is 159 g/mol. The summed E-state index contributed by atoms with van der Waals surface area (Å²) in [5.74, 6) is -0.333.